The van der Waals surface area contributed by atoms with Gasteiger partial charge in [-0.25, -0.2) is 4.39 Å². The molecule has 27 heavy (non-hydrogen) atoms. The molecule has 1 heterocycles. The molecule has 0 fully saturated rings. The number of rotatable bonds is 8. The van der Waals surface area contributed by atoms with Gasteiger partial charge in [-0.15, -0.1) is 10.2 Å². The summed E-state index contributed by atoms with van der Waals surface area (Å²) in [6.45, 7) is 1.80. The van der Waals surface area contributed by atoms with E-state index < -0.39 is 11.9 Å². The number of amides is 1. The molecular formula is C19H18FN3O2S2. The Bertz CT molecular complexity index is 889. The van der Waals surface area contributed by atoms with E-state index in [0.29, 0.717) is 11.6 Å². The van der Waals surface area contributed by atoms with Crippen molar-refractivity contribution < 1.29 is 13.9 Å². The molecule has 1 atom stereocenters. The van der Waals surface area contributed by atoms with Crippen LogP contribution in [0.3, 0.4) is 0 Å². The van der Waals surface area contributed by atoms with E-state index in [2.05, 4.69) is 15.5 Å². The Morgan fingerprint density at radius 2 is 1.93 bits per heavy atom. The number of para-hydroxylation sites is 1. The smallest absolute Gasteiger partial charge is 0.267 e. The maximum absolute atomic E-state index is 13.7. The molecule has 0 aliphatic heterocycles. The van der Waals surface area contributed by atoms with Gasteiger partial charge in [-0.05, 0) is 24.1 Å². The van der Waals surface area contributed by atoms with Crippen LogP contribution in [0.1, 0.15) is 18.9 Å². The van der Waals surface area contributed by atoms with Gasteiger partial charge in [-0.2, -0.15) is 0 Å². The third kappa shape index (κ3) is 5.51. The Morgan fingerprint density at radius 3 is 2.67 bits per heavy atom. The van der Waals surface area contributed by atoms with Crippen LogP contribution >= 0.6 is 23.1 Å². The number of thioether (sulfide) groups is 1. The van der Waals surface area contributed by atoms with E-state index in [0.717, 1.165) is 10.1 Å². The molecule has 1 amide bonds. The summed E-state index contributed by atoms with van der Waals surface area (Å²) < 4.78 is 20.0. The molecule has 0 radical (unpaired) electrons. The lowest BCUT2D eigenvalue weighted by Crippen LogP contribution is -2.32. The van der Waals surface area contributed by atoms with E-state index in [1.54, 1.807) is 30.8 Å². The molecule has 0 unspecified atom stereocenters. The highest BCUT2D eigenvalue weighted by molar-refractivity contribution is 8.00. The fraction of sp³-hybridized carbons (Fsp3) is 0.211. The maximum Gasteiger partial charge on any atom is 0.267 e. The summed E-state index contributed by atoms with van der Waals surface area (Å²) in [4.78, 5) is 12.4. The first-order valence-corrected chi connectivity index (χ1v) is 10.2. The van der Waals surface area contributed by atoms with Gasteiger partial charge in [0.1, 0.15) is 0 Å². The van der Waals surface area contributed by atoms with Crippen molar-refractivity contribution in [1.29, 1.82) is 0 Å². The summed E-state index contributed by atoms with van der Waals surface area (Å²) in [5, 5.41) is 11.2. The lowest BCUT2D eigenvalue weighted by atomic mass is 10.2. The minimum absolute atomic E-state index is 0.0517. The first kappa shape index (κ1) is 19.3. The maximum atomic E-state index is 13.7. The molecule has 1 N–H and O–H groups in total. The molecule has 1 aromatic heterocycles. The molecule has 0 bridgehead atoms. The van der Waals surface area contributed by atoms with Crippen molar-refractivity contribution in [3.63, 3.8) is 0 Å². The number of benzene rings is 2. The molecular weight excluding hydrogens is 385 g/mol. The minimum Gasteiger partial charge on any atom is -0.478 e. The minimum atomic E-state index is -0.814. The van der Waals surface area contributed by atoms with Crippen molar-refractivity contribution in [2.75, 3.05) is 5.32 Å². The predicted molar refractivity (Wildman–Crippen MR) is 106 cm³/mol. The first-order chi connectivity index (χ1) is 13.2. The predicted octanol–water partition coefficient (Wildman–Crippen LogP) is 4.77. The number of hydrogen-bond donors (Lipinski definition) is 1. The molecule has 8 heteroatoms. The van der Waals surface area contributed by atoms with Gasteiger partial charge < -0.3 is 4.74 Å². The number of nitrogens with zero attached hydrogens (tertiary/aromatic N) is 2. The van der Waals surface area contributed by atoms with Crippen LogP contribution in [0.25, 0.3) is 0 Å². The molecule has 140 valence electrons. The third-order valence-corrected chi connectivity index (χ3v) is 5.65. The van der Waals surface area contributed by atoms with Gasteiger partial charge in [0.15, 0.2) is 22.0 Å². The molecule has 2 aromatic carbocycles. The van der Waals surface area contributed by atoms with Gasteiger partial charge >= 0.3 is 0 Å². The Hall–Kier alpha value is -2.45. The lowest BCUT2D eigenvalue weighted by molar-refractivity contribution is -0.122. The van der Waals surface area contributed by atoms with E-state index in [4.69, 9.17) is 4.74 Å². The highest BCUT2D eigenvalue weighted by Crippen LogP contribution is 2.28. The van der Waals surface area contributed by atoms with Crippen molar-refractivity contribution in [1.82, 2.24) is 10.2 Å². The second-order valence-electron chi connectivity index (χ2n) is 5.58. The number of aromatic nitrogens is 2. The molecule has 0 saturated carbocycles. The molecule has 0 saturated heterocycles. The summed E-state index contributed by atoms with van der Waals surface area (Å²) in [7, 11) is 0. The summed E-state index contributed by atoms with van der Waals surface area (Å²) in [5.41, 5.74) is 1.19. The van der Waals surface area contributed by atoms with E-state index in [9.17, 15) is 9.18 Å². The monoisotopic (exact) mass is 403 g/mol. The zero-order valence-corrected chi connectivity index (χ0v) is 16.2. The number of halogens is 1. The molecule has 3 aromatic rings. The number of carbonyl (C=O) groups is 1. The van der Waals surface area contributed by atoms with Crippen LogP contribution in [0.5, 0.6) is 5.75 Å². The fourth-order valence-electron chi connectivity index (χ4n) is 2.24. The normalized spacial score (nSPS) is 11.8. The van der Waals surface area contributed by atoms with E-state index >= 15 is 0 Å². The summed E-state index contributed by atoms with van der Waals surface area (Å²) >= 11 is 2.85. The van der Waals surface area contributed by atoms with E-state index in [1.165, 1.54) is 29.0 Å². The summed E-state index contributed by atoms with van der Waals surface area (Å²) in [6, 6.07) is 16.0. The molecule has 0 aliphatic rings. The zero-order valence-electron chi connectivity index (χ0n) is 14.6. The lowest BCUT2D eigenvalue weighted by Gasteiger charge is -2.16. The fourth-order valence-corrected chi connectivity index (χ4v) is 3.95. The van der Waals surface area contributed by atoms with Crippen molar-refractivity contribution in [3.8, 4) is 5.75 Å². The van der Waals surface area contributed by atoms with Crippen molar-refractivity contribution in [2.24, 2.45) is 0 Å². The van der Waals surface area contributed by atoms with Crippen LogP contribution in [0, 0.1) is 5.82 Å². The van der Waals surface area contributed by atoms with Crippen molar-refractivity contribution in [3.05, 3.63) is 66.0 Å². The van der Waals surface area contributed by atoms with E-state index in [-0.39, 0.29) is 11.7 Å². The second-order valence-corrected chi connectivity index (χ2v) is 7.78. The molecule has 0 spiro atoms. The SMILES string of the molecule is CC[C@H](Oc1ccccc1F)C(=O)Nc1nnc(SCc2ccccc2)s1. The molecule has 3 rings (SSSR count). The Kier molecular flexibility index (Phi) is 6.78. The second kappa shape index (κ2) is 9.48. The van der Waals surface area contributed by atoms with Gasteiger partial charge in [0.2, 0.25) is 5.13 Å². The van der Waals surface area contributed by atoms with Gasteiger partial charge in [0.25, 0.3) is 5.91 Å². The average molecular weight is 404 g/mol. The third-order valence-electron chi connectivity index (χ3n) is 3.61. The topological polar surface area (TPSA) is 64.1 Å². The standard InChI is InChI=1S/C19H18FN3O2S2/c1-2-15(25-16-11-7-6-10-14(16)20)17(24)21-18-22-23-19(27-18)26-12-13-8-4-3-5-9-13/h3-11,15H,2,12H2,1H3,(H,21,22,24)/t15-/m0/s1. The molecule has 5 nitrogen and oxygen atoms in total. The first-order valence-electron chi connectivity index (χ1n) is 8.38. The Labute approximate surface area is 165 Å². The van der Waals surface area contributed by atoms with Crippen LogP contribution in [-0.4, -0.2) is 22.2 Å². The highest BCUT2D eigenvalue weighted by Gasteiger charge is 2.21. The average Bonchev–Trinajstić information content (AvgIpc) is 3.14. The summed E-state index contributed by atoms with van der Waals surface area (Å²) in [6.07, 6.45) is -0.416. The number of nitrogens with one attached hydrogen (secondary N) is 1. The molecule has 0 aliphatic carbocycles. The van der Waals surface area contributed by atoms with Crippen LogP contribution in [0.15, 0.2) is 58.9 Å². The van der Waals surface area contributed by atoms with Gasteiger partial charge in [-0.3, -0.25) is 10.1 Å². The van der Waals surface area contributed by atoms with Gasteiger partial charge in [0, 0.05) is 5.75 Å². The van der Waals surface area contributed by atoms with Crippen LogP contribution in [0.4, 0.5) is 9.52 Å². The van der Waals surface area contributed by atoms with Crippen LogP contribution < -0.4 is 10.1 Å². The number of carbonyl (C=O) groups excluding carboxylic acids is 1. The van der Waals surface area contributed by atoms with Crippen molar-refractivity contribution >= 4 is 34.1 Å². The van der Waals surface area contributed by atoms with Gasteiger partial charge in [0.05, 0.1) is 0 Å². The quantitative estimate of drug-likeness (QED) is 0.434. The highest BCUT2D eigenvalue weighted by atomic mass is 32.2. The van der Waals surface area contributed by atoms with Crippen molar-refractivity contribution in [2.45, 2.75) is 29.5 Å². The van der Waals surface area contributed by atoms with Gasteiger partial charge in [-0.1, -0.05) is 72.5 Å². The van der Waals surface area contributed by atoms with Crippen LogP contribution in [0.2, 0.25) is 0 Å². The summed E-state index contributed by atoms with van der Waals surface area (Å²) in [5.74, 6) is -0.0520. The Balaban J connectivity index is 1.56. The zero-order chi connectivity index (χ0) is 19.1. The number of hydrogen-bond acceptors (Lipinski definition) is 6. The van der Waals surface area contributed by atoms with Crippen LogP contribution in [-0.2, 0) is 10.5 Å². The largest absolute Gasteiger partial charge is 0.478 e. The Morgan fingerprint density at radius 1 is 1.19 bits per heavy atom. The number of ether oxygens (including phenoxy) is 1. The van der Waals surface area contributed by atoms with E-state index in [1.807, 2.05) is 30.3 Å². The number of anilines is 1.